The molecule has 0 aromatic heterocycles. The number of carbonyl (C=O) groups excluding carboxylic acids is 3. The maximum atomic E-state index is 13.0. The second-order valence-corrected chi connectivity index (χ2v) is 31.8. The number of hydrogen-bond acceptors (Lipinski definition) is 14. The number of unbranched alkanes of at least 4 members (excludes halogenated alkanes) is 29. The van der Waals surface area contributed by atoms with Gasteiger partial charge < -0.3 is 34.2 Å². The van der Waals surface area contributed by atoms with E-state index in [-0.39, 0.29) is 19.3 Å². The molecule has 113 heavy (non-hydrogen) atoms. The number of ether oxygens (including phenoxy) is 3. The lowest BCUT2D eigenvalue weighted by Crippen LogP contribution is -2.30. The van der Waals surface area contributed by atoms with E-state index in [2.05, 4.69) is 203 Å². The van der Waals surface area contributed by atoms with Crippen LogP contribution in [0.4, 0.5) is 0 Å². The standard InChI is InChI=1S/C95H158O16P2/c1-4-7-10-13-16-19-22-25-28-31-34-36-38-39-40-41-42-43-44-45-46-47-48-49-51-53-55-57-60-63-66-69-72-75-78-81-93(98)105-84-90(96)85-107-112(101,102)108-86-91(97)87-109-113(103,104)110-89-92(111-95(100)83-80-77-74-71-68-65-62-59-54-33-30-27-24-21-18-15-12-9-6-3)88-106-94(99)82-79-76-73-70-67-64-61-58-56-52-50-37-35-32-29-26-23-20-17-14-11-8-5-2/h7-12,16-21,25-30,34-37,39-40,52,54,56,59,61,64,90-92,96-97H,4-6,13-15,22-24,31-33,38,41-51,53,55,57-58,60,62-63,65-89H2,1-3H3,(H,101,102)(H,103,104)/b10-7-,11-8-,12-9-,19-16-,20-17-,21-18-,28-25-,29-26-,30-27-,36-34-,37-35-,40-39-,56-52-,59-54-,64-61-. The number of esters is 3. The molecule has 4 N–H and O–H groups in total. The second-order valence-electron chi connectivity index (χ2n) is 28.9. The highest BCUT2D eigenvalue weighted by atomic mass is 31.2. The van der Waals surface area contributed by atoms with Crippen LogP contribution in [0.15, 0.2) is 182 Å². The largest absolute Gasteiger partial charge is 0.472 e. The van der Waals surface area contributed by atoms with Crippen molar-refractivity contribution < 1.29 is 75.8 Å². The summed E-state index contributed by atoms with van der Waals surface area (Å²) in [6.07, 6.45) is 112. The van der Waals surface area contributed by atoms with Crippen LogP contribution in [-0.2, 0) is 55.8 Å². The predicted molar refractivity (Wildman–Crippen MR) is 472 cm³/mol. The van der Waals surface area contributed by atoms with Gasteiger partial charge in [-0.3, -0.25) is 32.5 Å². The fourth-order valence-corrected chi connectivity index (χ4v) is 13.1. The van der Waals surface area contributed by atoms with Gasteiger partial charge in [0.15, 0.2) is 6.10 Å². The lowest BCUT2D eigenvalue weighted by atomic mass is 10.0. The monoisotopic (exact) mass is 1620 g/mol. The highest BCUT2D eigenvalue weighted by molar-refractivity contribution is 7.47. The van der Waals surface area contributed by atoms with Gasteiger partial charge >= 0.3 is 33.6 Å². The molecule has 18 heteroatoms. The van der Waals surface area contributed by atoms with E-state index in [4.69, 9.17) is 32.3 Å². The first-order chi connectivity index (χ1) is 55.2. The average molecular weight is 1620 g/mol. The lowest BCUT2D eigenvalue weighted by molar-refractivity contribution is -0.161. The number of rotatable bonds is 82. The van der Waals surface area contributed by atoms with Gasteiger partial charge in [-0.1, -0.05) is 351 Å². The van der Waals surface area contributed by atoms with Gasteiger partial charge in [0, 0.05) is 19.3 Å². The molecular weight excluding hydrogens is 1460 g/mol. The number of carbonyl (C=O) groups is 3. The Balaban J connectivity index is 4.53. The molecule has 0 bridgehead atoms. The highest BCUT2D eigenvalue weighted by Crippen LogP contribution is 2.45. The molecule has 0 heterocycles. The Bertz CT molecular complexity index is 2780. The van der Waals surface area contributed by atoms with E-state index in [1.807, 2.05) is 0 Å². The predicted octanol–water partition coefficient (Wildman–Crippen LogP) is 26.9. The Morgan fingerprint density at radius 1 is 0.248 bits per heavy atom. The van der Waals surface area contributed by atoms with Crippen molar-refractivity contribution in [3.63, 3.8) is 0 Å². The molecule has 5 unspecified atom stereocenters. The zero-order valence-electron chi connectivity index (χ0n) is 70.7. The minimum Gasteiger partial charge on any atom is -0.463 e. The van der Waals surface area contributed by atoms with Crippen molar-refractivity contribution in [3.8, 4) is 0 Å². The molecule has 0 aromatic carbocycles. The molecule has 5 atom stereocenters. The van der Waals surface area contributed by atoms with Gasteiger partial charge in [0.05, 0.1) is 26.4 Å². The Morgan fingerprint density at radius 2 is 0.442 bits per heavy atom. The Labute approximate surface area is 687 Å². The van der Waals surface area contributed by atoms with Crippen LogP contribution in [0.5, 0.6) is 0 Å². The van der Waals surface area contributed by atoms with Crippen LogP contribution in [-0.4, -0.2) is 95.9 Å². The van der Waals surface area contributed by atoms with Gasteiger partial charge in [-0.15, -0.1) is 0 Å². The smallest absolute Gasteiger partial charge is 0.463 e. The molecule has 0 saturated heterocycles. The minimum absolute atomic E-state index is 0.0762. The molecule has 0 aliphatic carbocycles. The van der Waals surface area contributed by atoms with Crippen molar-refractivity contribution in [3.05, 3.63) is 182 Å². The number of aliphatic hydroxyl groups is 2. The number of allylic oxidation sites excluding steroid dienone is 30. The zero-order chi connectivity index (χ0) is 82.2. The number of hydrogen-bond donors (Lipinski definition) is 4. The summed E-state index contributed by atoms with van der Waals surface area (Å²) < 4.78 is 61.3. The first-order valence-electron chi connectivity index (χ1n) is 44.1. The van der Waals surface area contributed by atoms with E-state index in [1.165, 1.54) is 103 Å². The van der Waals surface area contributed by atoms with Gasteiger partial charge in [-0.25, -0.2) is 9.13 Å². The molecule has 644 valence electrons. The SMILES string of the molecule is CC/C=C\C/C=C\C/C=C\C/C=C\C/C=C\C/C=C\CCCCCCC(=O)OCC(COP(=O)(O)OCC(O)COP(=O)(O)OCC(O)COC(=O)CCCCCCCCCCCCCCCCCCCCC/C=C\C/C=C\C/C=C\C/C=C\C/C=C\CC)OC(=O)CCCCCCCC/C=C\C/C=C\C/C=C\C/C=C\CC. The second kappa shape index (κ2) is 86.0. The van der Waals surface area contributed by atoms with Gasteiger partial charge in [0.1, 0.15) is 25.4 Å². The fourth-order valence-electron chi connectivity index (χ4n) is 11.5. The van der Waals surface area contributed by atoms with Crippen LogP contribution in [0.1, 0.15) is 342 Å². The molecule has 0 amide bonds. The van der Waals surface area contributed by atoms with Crippen LogP contribution >= 0.6 is 15.6 Å². The summed E-state index contributed by atoms with van der Waals surface area (Å²) in [4.78, 5) is 58.9. The van der Waals surface area contributed by atoms with Gasteiger partial charge in [-0.2, -0.15) is 0 Å². The minimum atomic E-state index is -4.95. The highest BCUT2D eigenvalue weighted by Gasteiger charge is 2.29. The van der Waals surface area contributed by atoms with E-state index in [1.54, 1.807) is 0 Å². The molecule has 0 rings (SSSR count). The molecule has 0 aliphatic heterocycles. The van der Waals surface area contributed by atoms with E-state index in [9.17, 15) is 43.5 Å². The molecule has 0 fully saturated rings. The maximum absolute atomic E-state index is 13.0. The summed E-state index contributed by atoms with van der Waals surface area (Å²) in [5.74, 6) is -1.62. The number of aliphatic hydroxyl groups excluding tert-OH is 2. The van der Waals surface area contributed by atoms with E-state index >= 15 is 0 Å². The molecule has 0 aromatic rings. The third-order valence-corrected chi connectivity index (χ3v) is 20.0. The third-order valence-electron chi connectivity index (χ3n) is 18.1. The van der Waals surface area contributed by atoms with Crippen molar-refractivity contribution in [1.29, 1.82) is 0 Å². The first-order valence-corrected chi connectivity index (χ1v) is 47.1. The first kappa shape index (κ1) is 108. The number of phosphoric ester groups is 2. The average Bonchev–Trinajstić information content (AvgIpc) is 0.902. The van der Waals surface area contributed by atoms with Gasteiger partial charge in [0.2, 0.25) is 0 Å². The molecule has 0 spiro atoms. The van der Waals surface area contributed by atoms with Gasteiger partial charge in [0.25, 0.3) is 0 Å². The summed E-state index contributed by atoms with van der Waals surface area (Å²) in [6, 6.07) is 0. The van der Waals surface area contributed by atoms with Crippen LogP contribution in [0, 0.1) is 0 Å². The van der Waals surface area contributed by atoms with E-state index in [0.29, 0.717) is 19.3 Å². The number of phosphoric acid groups is 2. The quantitative estimate of drug-likeness (QED) is 0.0146. The fraction of sp³-hybridized carbons (Fsp3) is 0.653. The molecule has 16 nitrogen and oxygen atoms in total. The van der Waals surface area contributed by atoms with Crippen LogP contribution in [0.2, 0.25) is 0 Å². The summed E-state index contributed by atoms with van der Waals surface area (Å²) in [5, 5.41) is 20.7. The van der Waals surface area contributed by atoms with E-state index < -0.39 is 91.5 Å². The summed E-state index contributed by atoms with van der Waals surface area (Å²) in [5.41, 5.74) is 0. The normalized spacial score (nSPS) is 14.7. The summed E-state index contributed by atoms with van der Waals surface area (Å²) >= 11 is 0. The van der Waals surface area contributed by atoms with Crippen molar-refractivity contribution >= 4 is 33.6 Å². The molecular formula is C95H158O16P2. The van der Waals surface area contributed by atoms with E-state index in [0.717, 1.165) is 180 Å². The van der Waals surface area contributed by atoms with Crippen molar-refractivity contribution in [2.75, 3.05) is 39.6 Å². The molecule has 0 radical (unpaired) electrons. The Morgan fingerprint density at radius 3 is 0.699 bits per heavy atom. The summed E-state index contributed by atoms with van der Waals surface area (Å²) in [6.45, 7) is 2.31. The third kappa shape index (κ3) is 87.3. The maximum Gasteiger partial charge on any atom is 0.472 e. The van der Waals surface area contributed by atoms with Crippen molar-refractivity contribution in [2.45, 2.75) is 360 Å². The molecule has 0 saturated carbocycles. The van der Waals surface area contributed by atoms with Crippen molar-refractivity contribution in [2.24, 2.45) is 0 Å². The van der Waals surface area contributed by atoms with Gasteiger partial charge in [-0.05, 0) is 154 Å². The van der Waals surface area contributed by atoms with Crippen LogP contribution in [0.25, 0.3) is 0 Å². The zero-order valence-corrected chi connectivity index (χ0v) is 72.5. The topological polar surface area (TPSA) is 231 Å². The summed E-state index contributed by atoms with van der Waals surface area (Å²) in [7, 11) is -9.82. The lowest BCUT2D eigenvalue weighted by Gasteiger charge is -2.21. The van der Waals surface area contributed by atoms with Crippen molar-refractivity contribution in [1.82, 2.24) is 0 Å². The Kier molecular flexibility index (Phi) is 81.9. The molecule has 0 aliphatic rings. The Hall–Kier alpha value is -5.35. The van der Waals surface area contributed by atoms with Crippen LogP contribution in [0.3, 0.4) is 0 Å². The van der Waals surface area contributed by atoms with Crippen LogP contribution < -0.4 is 0 Å².